The van der Waals surface area contributed by atoms with Crippen LogP contribution in [0.25, 0.3) is 0 Å². The molecule has 0 unspecified atom stereocenters. The Morgan fingerprint density at radius 1 is 0.810 bits per heavy atom. The number of nitro groups is 1. The maximum absolute atomic E-state index is 12.5. The highest BCUT2D eigenvalue weighted by atomic mass is 16.6. The zero-order chi connectivity index (χ0) is 15.3. The van der Waals surface area contributed by atoms with Gasteiger partial charge in [-0.15, -0.1) is 0 Å². The number of nitro benzene ring substituents is 1. The highest BCUT2D eigenvalue weighted by Gasteiger charge is 2.31. The molecule has 0 fully saturated rings. The van der Waals surface area contributed by atoms with Crippen LogP contribution < -0.4 is 0 Å². The zero-order valence-electron chi connectivity index (χ0n) is 11.5. The van der Waals surface area contributed by atoms with E-state index in [0.717, 1.165) is 11.1 Å². The van der Waals surface area contributed by atoms with Crippen molar-refractivity contribution < 1.29 is 14.5 Å². The molecule has 2 aromatic rings. The molecular formula is C16H11NO4. The molecule has 0 radical (unpaired) electrons. The molecule has 5 nitrogen and oxygen atoms in total. The number of rotatable bonds is 1. The molecule has 21 heavy (non-hydrogen) atoms. The number of non-ortho nitro benzene ring substituents is 1. The molecule has 0 atom stereocenters. The van der Waals surface area contributed by atoms with Crippen LogP contribution in [0.1, 0.15) is 43.0 Å². The zero-order valence-corrected chi connectivity index (χ0v) is 11.5. The second-order valence-corrected chi connectivity index (χ2v) is 5.13. The molecule has 104 valence electrons. The Morgan fingerprint density at radius 2 is 1.29 bits per heavy atom. The first kappa shape index (κ1) is 13.2. The van der Waals surface area contributed by atoms with Gasteiger partial charge in [0.2, 0.25) is 0 Å². The van der Waals surface area contributed by atoms with Gasteiger partial charge in [-0.3, -0.25) is 19.7 Å². The average Bonchev–Trinajstić information content (AvgIpc) is 2.46. The number of hydrogen-bond acceptors (Lipinski definition) is 4. The van der Waals surface area contributed by atoms with Crippen LogP contribution in [0.2, 0.25) is 0 Å². The van der Waals surface area contributed by atoms with Crippen LogP contribution in [-0.4, -0.2) is 16.5 Å². The van der Waals surface area contributed by atoms with Gasteiger partial charge in [0.1, 0.15) is 0 Å². The van der Waals surface area contributed by atoms with E-state index in [9.17, 15) is 19.7 Å². The van der Waals surface area contributed by atoms with Crippen LogP contribution >= 0.6 is 0 Å². The van der Waals surface area contributed by atoms with Crippen molar-refractivity contribution in [2.24, 2.45) is 0 Å². The molecule has 0 saturated heterocycles. The molecule has 0 aromatic heterocycles. The molecule has 5 heteroatoms. The summed E-state index contributed by atoms with van der Waals surface area (Å²) in [7, 11) is 0. The Hall–Kier alpha value is -2.82. The molecule has 0 spiro atoms. The number of aryl methyl sites for hydroxylation is 2. The summed E-state index contributed by atoms with van der Waals surface area (Å²) in [5.74, 6) is -0.607. The van der Waals surface area contributed by atoms with E-state index >= 15 is 0 Å². The number of fused-ring (bicyclic) bond motifs is 2. The summed E-state index contributed by atoms with van der Waals surface area (Å²) in [5.41, 5.74) is 2.65. The van der Waals surface area contributed by atoms with Gasteiger partial charge in [-0.2, -0.15) is 0 Å². The highest BCUT2D eigenvalue weighted by molar-refractivity contribution is 6.28. The second kappa shape index (κ2) is 4.34. The third-order valence-electron chi connectivity index (χ3n) is 3.83. The number of nitrogens with zero attached hydrogens (tertiary/aromatic N) is 1. The maximum atomic E-state index is 12.5. The molecule has 0 saturated carbocycles. The monoisotopic (exact) mass is 281 g/mol. The van der Waals surface area contributed by atoms with E-state index in [2.05, 4.69) is 0 Å². The van der Waals surface area contributed by atoms with E-state index in [4.69, 9.17) is 0 Å². The van der Waals surface area contributed by atoms with Crippen molar-refractivity contribution in [3.05, 3.63) is 73.8 Å². The minimum atomic E-state index is -0.575. The van der Waals surface area contributed by atoms with Crippen LogP contribution in [0.15, 0.2) is 30.3 Å². The quantitative estimate of drug-likeness (QED) is 0.507. The van der Waals surface area contributed by atoms with Crippen molar-refractivity contribution >= 4 is 17.3 Å². The van der Waals surface area contributed by atoms with E-state index in [1.165, 1.54) is 18.2 Å². The number of hydrogen-bond donors (Lipinski definition) is 0. The standard InChI is InChI=1S/C16H11NO4/c1-8-5-12-13(6-9(8)2)16(19)14-7-10(17(20)21)3-4-11(14)15(12)18/h3-7H,1-2H3. The van der Waals surface area contributed by atoms with Crippen molar-refractivity contribution in [2.45, 2.75) is 13.8 Å². The Kier molecular flexibility index (Phi) is 2.73. The van der Waals surface area contributed by atoms with Gasteiger partial charge in [-0.25, -0.2) is 0 Å². The largest absolute Gasteiger partial charge is 0.289 e. The lowest BCUT2D eigenvalue weighted by Crippen LogP contribution is -2.21. The predicted molar refractivity (Wildman–Crippen MR) is 75.9 cm³/mol. The van der Waals surface area contributed by atoms with E-state index in [0.29, 0.717) is 11.1 Å². The minimum absolute atomic E-state index is 0.102. The van der Waals surface area contributed by atoms with Crippen LogP contribution in [0.3, 0.4) is 0 Å². The molecule has 0 aliphatic heterocycles. The summed E-state index contributed by atoms with van der Waals surface area (Å²) in [6.45, 7) is 3.73. The second-order valence-electron chi connectivity index (χ2n) is 5.13. The number of benzene rings is 2. The van der Waals surface area contributed by atoms with E-state index < -0.39 is 4.92 Å². The number of carbonyl (C=O) groups is 2. The van der Waals surface area contributed by atoms with Gasteiger partial charge in [-0.05, 0) is 43.2 Å². The maximum Gasteiger partial charge on any atom is 0.270 e. The predicted octanol–water partition coefficient (Wildman–Crippen LogP) is 2.99. The molecule has 1 aliphatic rings. The molecule has 0 amide bonds. The fourth-order valence-electron chi connectivity index (χ4n) is 2.51. The summed E-state index contributed by atoms with van der Waals surface area (Å²) in [6, 6.07) is 7.15. The summed E-state index contributed by atoms with van der Waals surface area (Å²) in [6.07, 6.45) is 0. The topological polar surface area (TPSA) is 77.3 Å². The van der Waals surface area contributed by atoms with E-state index in [-0.39, 0.29) is 28.4 Å². The molecule has 1 aliphatic carbocycles. The van der Waals surface area contributed by atoms with Crippen LogP contribution in [0.4, 0.5) is 5.69 Å². The first-order valence-electron chi connectivity index (χ1n) is 6.39. The van der Waals surface area contributed by atoms with Crippen LogP contribution in [-0.2, 0) is 0 Å². The number of ketones is 2. The normalized spacial score (nSPS) is 12.9. The SMILES string of the molecule is Cc1cc2c(cc1C)C(=O)c1cc([N+](=O)[O-])ccc1C2=O. The average molecular weight is 281 g/mol. The minimum Gasteiger partial charge on any atom is -0.289 e. The summed E-state index contributed by atoms with van der Waals surface area (Å²) < 4.78 is 0. The Labute approximate surface area is 120 Å². The fraction of sp³-hybridized carbons (Fsp3) is 0.125. The lowest BCUT2D eigenvalue weighted by atomic mass is 9.82. The summed E-state index contributed by atoms with van der Waals surface area (Å²) in [5, 5.41) is 10.8. The van der Waals surface area contributed by atoms with Crippen molar-refractivity contribution in [1.29, 1.82) is 0 Å². The lowest BCUT2D eigenvalue weighted by molar-refractivity contribution is -0.384. The van der Waals surface area contributed by atoms with E-state index in [1.807, 2.05) is 13.8 Å². The van der Waals surface area contributed by atoms with Crippen molar-refractivity contribution in [3.63, 3.8) is 0 Å². The third kappa shape index (κ3) is 1.86. The highest BCUT2D eigenvalue weighted by Crippen LogP contribution is 2.31. The van der Waals surface area contributed by atoms with Crippen molar-refractivity contribution in [1.82, 2.24) is 0 Å². The van der Waals surface area contributed by atoms with Crippen molar-refractivity contribution in [2.75, 3.05) is 0 Å². The smallest absolute Gasteiger partial charge is 0.270 e. The summed E-state index contributed by atoms with van der Waals surface area (Å²) >= 11 is 0. The Bertz CT molecular complexity index is 836. The van der Waals surface area contributed by atoms with Crippen LogP contribution in [0, 0.1) is 24.0 Å². The summed E-state index contributed by atoms with van der Waals surface area (Å²) in [4.78, 5) is 35.2. The van der Waals surface area contributed by atoms with E-state index in [1.54, 1.807) is 12.1 Å². The van der Waals surface area contributed by atoms with Gasteiger partial charge < -0.3 is 0 Å². The molecule has 0 heterocycles. The molecule has 0 N–H and O–H groups in total. The van der Waals surface area contributed by atoms with Gasteiger partial charge in [-0.1, -0.05) is 0 Å². The third-order valence-corrected chi connectivity index (χ3v) is 3.83. The Balaban J connectivity index is 2.27. The van der Waals surface area contributed by atoms with Crippen molar-refractivity contribution in [3.8, 4) is 0 Å². The van der Waals surface area contributed by atoms with Gasteiger partial charge in [0.25, 0.3) is 5.69 Å². The molecule has 0 bridgehead atoms. The first-order chi connectivity index (χ1) is 9.90. The van der Waals surface area contributed by atoms with Gasteiger partial charge in [0.05, 0.1) is 4.92 Å². The first-order valence-corrected chi connectivity index (χ1v) is 6.39. The lowest BCUT2D eigenvalue weighted by Gasteiger charge is -2.18. The number of carbonyl (C=O) groups excluding carboxylic acids is 2. The Morgan fingerprint density at radius 3 is 1.81 bits per heavy atom. The molecule has 2 aromatic carbocycles. The van der Waals surface area contributed by atoms with Gasteiger partial charge in [0, 0.05) is 34.4 Å². The fourth-order valence-corrected chi connectivity index (χ4v) is 2.51. The van der Waals surface area contributed by atoms with Gasteiger partial charge >= 0.3 is 0 Å². The van der Waals surface area contributed by atoms with Crippen LogP contribution in [0.5, 0.6) is 0 Å². The molecular weight excluding hydrogens is 270 g/mol. The van der Waals surface area contributed by atoms with Gasteiger partial charge in [0.15, 0.2) is 11.6 Å². The molecule has 3 rings (SSSR count).